The van der Waals surface area contributed by atoms with Crippen molar-refractivity contribution in [1.82, 2.24) is 4.90 Å². The number of ether oxygens (including phenoxy) is 2. The molecule has 1 fully saturated rings. The minimum Gasteiger partial charge on any atom is -0.496 e. The van der Waals surface area contributed by atoms with Crippen LogP contribution in [0.5, 0.6) is 5.75 Å². The molecule has 1 aromatic rings. The van der Waals surface area contributed by atoms with Crippen molar-refractivity contribution in [2.45, 2.75) is 25.8 Å². The fourth-order valence-electron chi connectivity index (χ4n) is 2.65. The quantitative estimate of drug-likeness (QED) is 0.781. The van der Waals surface area contributed by atoms with E-state index in [1.807, 2.05) is 25.1 Å². The Morgan fingerprint density at radius 1 is 1.26 bits per heavy atom. The summed E-state index contributed by atoms with van der Waals surface area (Å²) in [5, 5.41) is 0. The standard InChI is InChI=1S/C15H21NO3/c1-11-6-7-13(18-2)12(10-11)14(15(17)19-3)16-8-4-5-9-16/h6-7,10,14H,4-5,8-9H2,1-3H3. The van der Waals surface area contributed by atoms with E-state index in [0.29, 0.717) is 0 Å². The van der Waals surface area contributed by atoms with Crippen LogP contribution in [-0.4, -0.2) is 38.2 Å². The van der Waals surface area contributed by atoms with Crippen molar-refractivity contribution in [3.05, 3.63) is 29.3 Å². The van der Waals surface area contributed by atoms with Crippen LogP contribution in [0.15, 0.2) is 18.2 Å². The second kappa shape index (κ2) is 6.06. The number of rotatable bonds is 4. The Balaban J connectivity index is 2.41. The van der Waals surface area contributed by atoms with Crippen LogP contribution in [0, 0.1) is 6.92 Å². The molecule has 0 aliphatic carbocycles. The molecule has 1 atom stereocenters. The minimum atomic E-state index is -0.359. The summed E-state index contributed by atoms with van der Waals surface area (Å²) in [5.74, 6) is 0.527. The molecule has 0 saturated carbocycles. The van der Waals surface area contributed by atoms with Crippen LogP contribution < -0.4 is 4.74 Å². The molecule has 1 unspecified atom stereocenters. The molecule has 2 rings (SSSR count). The normalized spacial score (nSPS) is 17.2. The average molecular weight is 263 g/mol. The molecule has 0 radical (unpaired) electrons. The topological polar surface area (TPSA) is 38.8 Å². The number of aryl methyl sites for hydroxylation is 1. The first-order valence-electron chi connectivity index (χ1n) is 6.63. The number of esters is 1. The van der Waals surface area contributed by atoms with E-state index in [2.05, 4.69) is 4.90 Å². The number of methoxy groups -OCH3 is 2. The first kappa shape index (κ1) is 13.9. The van der Waals surface area contributed by atoms with Gasteiger partial charge in [0, 0.05) is 5.56 Å². The summed E-state index contributed by atoms with van der Waals surface area (Å²) in [6.07, 6.45) is 2.25. The molecule has 1 saturated heterocycles. The second-order valence-corrected chi connectivity index (χ2v) is 4.91. The number of hydrogen-bond acceptors (Lipinski definition) is 4. The van der Waals surface area contributed by atoms with Crippen LogP contribution in [0.25, 0.3) is 0 Å². The van der Waals surface area contributed by atoms with Gasteiger partial charge in [0.2, 0.25) is 0 Å². The molecule has 0 N–H and O–H groups in total. The van der Waals surface area contributed by atoms with E-state index in [-0.39, 0.29) is 12.0 Å². The highest BCUT2D eigenvalue weighted by Gasteiger charge is 2.32. The van der Waals surface area contributed by atoms with Crippen LogP contribution in [0.2, 0.25) is 0 Å². The summed E-state index contributed by atoms with van der Waals surface area (Å²) in [5.41, 5.74) is 2.01. The van der Waals surface area contributed by atoms with Crippen molar-refractivity contribution < 1.29 is 14.3 Å². The molecule has 1 aliphatic rings. The summed E-state index contributed by atoms with van der Waals surface area (Å²) < 4.78 is 10.4. The highest BCUT2D eigenvalue weighted by molar-refractivity contribution is 5.78. The van der Waals surface area contributed by atoms with E-state index in [9.17, 15) is 4.79 Å². The van der Waals surface area contributed by atoms with Gasteiger partial charge in [0.1, 0.15) is 11.8 Å². The maximum absolute atomic E-state index is 12.2. The van der Waals surface area contributed by atoms with Gasteiger partial charge in [0.25, 0.3) is 0 Å². The molecule has 0 spiro atoms. The number of hydrogen-bond donors (Lipinski definition) is 0. The monoisotopic (exact) mass is 263 g/mol. The Labute approximate surface area is 114 Å². The maximum Gasteiger partial charge on any atom is 0.327 e. The molecule has 1 aromatic carbocycles. The Kier molecular flexibility index (Phi) is 4.43. The lowest BCUT2D eigenvalue weighted by Crippen LogP contribution is -2.33. The van der Waals surface area contributed by atoms with Gasteiger partial charge >= 0.3 is 5.97 Å². The van der Waals surface area contributed by atoms with E-state index in [1.165, 1.54) is 7.11 Å². The highest BCUT2D eigenvalue weighted by atomic mass is 16.5. The first-order chi connectivity index (χ1) is 9.17. The zero-order chi connectivity index (χ0) is 13.8. The molecule has 104 valence electrons. The largest absolute Gasteiger partial charge is 0.496 e. The molecule has 0 amide bonds. The van der Waals surface area contributed by atoms with Crippen molar-refractivity contribution >= 4 is 5.97 Å². The zero-order valence-electron chi connectivity index (χ0n) is 11.8. The van der Waals surface area contributed by atoms with Gasteiger partial charge in [0.15, 0.2) is 0 Å². The van der Waals surface area contributed by atoms with Crippen molar-refractivity contribution in [2.75, 3.05) is 27.3 Å². The smallest absolute Gasteiger partial charge is 0.327 e. The van der Waals surface area contributed by atoms with Crippen molar-refractivity contribution in [1.29, 1.82) is 0 Å². The van der Waals surface area contributed by atoms with Gasteiger partial charge in [-0.1, -0.05) is 17.7 Å². The van der Waals surface area contributed by atoms with E-state index < -0.39 is 0 Å². The summed E-state index contributed by atoms with van der Waals surface area (Å²) in [6.45, 7) is 3.87. The number of likely N-dealkylation sites (tertiary alicyclic amines) is 1. The molecule has 0 aromatic heterocycles. The van der Waals surface area contributed by atoms with Gasteiger partial charge in [-0.25, -0.2) is 4.79 Å². The van der Waals surface area contributed by atoms with Gasteiger partial charge in [0.05, 0.1) is 14.2 Å². The SMILES string of the molecule is COC(=O)C(c1cc(C)ccc1OC)N1CCCC1. The van der Waals surface area contributed by atoms with Crippen molar-refractivity contribution in [2.24, 2.45) is 0 Å². The summed E-state index contributed by atoms with van der Waals surface area (Å²) in [6, 6.07) is 5.55. The minimum absolute atomic E-state index is 0.217. The Bertz CT molecular complexity index is 453. The van der Waals surface area contributed by atoms with Gasteiger partial charge in [-0.15, -0.1) is 0 Å². The lowest BCUT2D eigenvalue weighted by atomic mass is 10.0. The second-order valence-electron chi connectivity index (χ2n) is 4.91. The van der Waals surface area contributed by atoms with Gasteiger partial charge in [-0.05, 0) is 38.9 Å². The van der Waals surface area contributed by atoms with E-state index in [1.54, 1.807) is 7.11 Å². The molecular formula is C15H21NO3. The lowest BCUT2D eigenvalue weighted by Gasteiger charge is -2.27. The van der Waals surface area contributed by atoms with Crippen LogP contribution in [-0.2, 0) is 9.53 Å². The van der Waals surface area contributed by atoms with Crippen LogP contribution >= 0.6 is 0 Å². The third-order valence-corrected chi connectivity index (χ3v) is 3.61. The van der Waals surface area contributed by atoms with Gasteiger partial charge < -0.3 is 9.47 Å². The van der Waals surface area contributed by atoms with Crippen molar-refractivity contribution in [3.63, 3.8) is 0 Å². The fourth-order valence-corrected chi connectivity index (χ4v) is 2.65. The van der Waals surface area contributed by atoms with E-state index in [4.69, 9.17) is 9.47 Å². The third-order valence-electron chi connectivity index (χ3n) is 3.61. The predicted molar refractivity (Wildman–Crippen MR) is 73.3 cm³/mol. The van der Waals surface area contributed by atoms with Crippen LogP contribution in [0.4, 0.5) is 0 Å². The summed E-state index contributed by atoms with van der Waals surface area (Å²) in [4.78, 5) is 14.3. The summed E-state index contributed by atoms with van der Waals surface area (Å²) in [7, 11) is 3.07. The Hall–Kier alpha value is -1.55. The van der Waals surface area contributed by atoms with Crippen molar-refractivity contribution in [3.8, 4) is 5.75 Å². The highest BCUT2D eigenvalue weighted by Crippen LogP contribution is 2.33. The Morgan fingerprint density at radius 3 is 2.53 bits per heavy atom. The third kappa shape index (κ3) is 2.89. The van der Waals surface area contributed by atoms with Crippen LogP contribution in [0.3, 0.4) is 0 Å². The predicted octanol–water partition coefficient (Wildman–Crippen LogP) is 2.31. The van der Waals surface area contributed by atoms with Crippen LogP contribution in [0.1, 0.15) is 30.0 Å². The molecular weight excluding hydrogens is 242 g/mol. The van der Waals surface area contributed by atoms with E-state index in [0.717, 1.165) is 42.8 Å². The molecule has 1 aliphatic heterocycles. The number of carbonyl (C=O) groups is 1. The summed E-state index contributed by atoms with van der Waals surface area (Å²) >= 11 is 0. The molecule has 1 heterocycles. The fraction of sp³-hybridized carbons (Fsp3) is 0.533. The molecule has 4 nitrogen and oxygen atoms in total. The molecule has 19 heavy (non-hydrogen) atoms. The first-order valence-corrected chi connectivity index (χ1v) is 6.63. The lowest BCUT2D eigenvalue weighted by molar-refractivity contribution is -0.147. The molecule has 0 bridgehead atoms. The number of carbonyl (C=O) groups excluding carboxylic acids is 1. The number of nitrogens with zero attached hydrogens (tertiary/aromatic N) is 1. The van der Waals surface area contributed by atoms with Gasteiger partial charge in [-0.2, -0.15) is 0 Å². The van der Waals surface area contributed by atoms with E-state index >= 15 is 0 Å². The zero-order valence-corrected chi connectivity index (χ0v) is 11.8. The average Bonchev–Trinajstić information content (AvgIpc) is 2.93. The maximum atomic E-state index is 12.2. The Morgan fingerprint density at radius 2 is 1.95 bits per heavy atom. The van der Waals surface area contributed by atoms with Gasteiger partial charge in [-0.3, -0.25) is 4.90 Å². The number of benzene rings is 1. The molecule has 4 heteroatoms.